The van der Waals surface area contributed by atoms with Gasteiger partial charge in [-0.05, 0) is 43.7 Å². The summed E-state index contributed by atoms with van der Waals surface area (Å²) in [6.45, 7) is 8.71. The van der Waals surface area contributed by atoms with Crippen molar-refractivity contribution in [2.75, 3.05) is 13.1 Å². The fourth-order valence-corrected chi connectivity index (χ4v) is 5.22. The van der Waals surface area contributed by atoms with Crippen LogP contribution < -0.4 is 5.32 Å². The third-order valence-corrected chi connectivity index (χ3v) is 7.75. The molecule has 0 saturated carbocycles. The Kier molecular flexibility index (Phi) is 6.67. The molecule has 0 bridgehead atoms. The van der Waals surface area contributed by atoms with Gasteiger partial charge in [-0.2, -0.15) is 4.31 Å². The molecule has 8 heteroatoms. The van der Waals surface area contributed by atoms with Crippen LogP contribution in [-0.4, -0.2) is 41.3 Å². The number of sulfonamides is 1. The van der Waals surface area contributed by atoms with Crippen LogP contribution in [-0.2, 0) is 21.9 Å². The maximum atomic E-state index is 12.8. The van der Waals surface area contributed by atoms with E-state index in [9.17, 15) is 13.2 Å². The average Bonchev–Trinajstić information content (AvgIpc) is 3.07. The zero-order valence-corrected chi connectivity index (χ0v) is 19.2. The summed E-state index contributed by atoms with van der Waals surface area (Å²) in [4.78, 5) is 16.9. The number of rotatable bonds is 6. The van der Waals surface area contributed by atoms with Crippen molar-refractivity contribution in [2.45, 2.75) is 57.5 Å². The highest BCUT2D eigenvalue weighted by Gasteiger charge is 2.33. The van der Waals surface area contributed by atoms with Gasteiger partial charge in [0.05, 0.1) is 6.04 Å². The molecule has 0 aliphatic carbocycles. The molecule has 0 spiro atoms. The van der Waals surface area contributed by atoms with Crippen molar-refractivity contribution in [3.05, 3.63) is 47.4 Å². The molecule has 1 aliphatic rings. The minimum Gasteiger partial charge on any atom is -0.349 e. The molecular formula is C22H32N4O3S. The minimum atomic E-state index is -3.62. The summed E-state index contributed by atoms with van der Waals surface area (Å²) in [5.41, 5.74) is 2.34. The van der Waals surface area contributed by atoms with Gasteiger partial charge < -0.3 is 9.88 Å². The maximum Gasteiger partial charge on any atom is 0.262 e. The van der Waals surface area contributed by atoms with E-state index in [1.54, 1.807) is 18.5 Å². The second kappa shape index (κ2) is 8.89. The molecule has 164 valence electrons. The van der Waals surface area contributed by atoms with Gasteiger partial charge in [-0.15, -0.1) is 0 Å². The van der Waals surface area contributed by atoms with Crippen molar-refractivity contribution in [2.24, 2.45) is 13.0 Å². The van der Waals surface area contributed by atoms with Crippen LogP contribution >= 0.6 is 0 Å². The molecule has 1 atom stereocenters. The number of nitrogens with zero attached hydrogens (tertiary/aromatic N) is 3. The smallest absolute Gasteiger partial charge is 0.262 e. The van der Waals surface area contributed by atoms with Gasteiger partial charge in [-0.25, -0.2) is 13.4 Å². The predicted octanol–water partition coefficient (Wildman–Crippen LogP) is 3.13. The molecule has 7 nitrogen and oxygen atoms in total. The van der Waals surface area contributed by atoms with E-state index in [1.807, 2.05) is 6.92 Å². The maximum absolute atomic E-state index is 12.8. The number of aryl methyl sites for hydroxylation is 2. The van der Waals surface area contributed by atoms with Crippen LogP contribution in [0.25, 0.3) is 0 Å². The molecule has 1 unspecified atom stereocenters. The van der Waals surface area contributed by atoms with Crippen molar-refractivity contribution in [3.63, 3.8) is 0 Å². The Bertz CT molecular complexity index is 968. The molecule has 1 aromatic carbocycles. The molecule has 3 rings (SSSR count). The number of benzene rings is 1. The van der Waals surface area contributed by atoms with E-state index in [4.69, 9.17) is 0 Å². The summed E-state index contributed by atoms with van der Waals surface area (Å²) in [6, 6.07) is 8.24. The van der Waals surface area contributed by atoms with Crippen LogP contribution in [0.3, 0.4) is 0 Å². The zero-order valence-electron chi connectivity index (χ0n) is 18.4. The van der Waals surface area contributed by atoms with Crippen LogP contribution in [0, 0.1) is 12.8 Å². The van der Waals surface area contributed by atoms with Crippen molar-refractivity contribution < 1.29 is 13.2 Å². The van der Waals surface area contributed by atoms with Gasteiger partial charge >= 0.3 is 0 Å². The quantitative estimate of drug-likeness (QED) is 0.760. The van der Waals surface area contributed by atoms with Gasteiger partial charge in [-0.1, -0.05) is 38.1 Å². The highest BCUT2D eigenvalue weighted by molar-refractivity contribution is 7.89. The van der Waals surface area contributed by atoms with Crippen LogP contribution in [0.2, 0.25) is 0 Å². The Balaban J connectivity index is 1.57. The lowest BCUT2D eigenvalue weighted by atomic mass is 9.96. The monoisotopic (exact) mass is 432 g/mol. The van der Waals surface area contributed by atoms with Crippen LogP contribution in [0.5, 0.6) is 0 Å². The number of nitrogens with one attached hydrogen (secondary N) is 1. The van der Waals surface area contributed by atoms with Gasteiger partial charge in [0, 0.05) is 32.3 Å². The third-order valence-electron chi connectivity index (χ3n) is 5.98. The molecule has 2 heterocycles. The second-order valence-electron chi connectivity index (χ2n) is 8.47. The number of piperidine rings is 1. The fraction of sp³-hybridized carbons (Fsp3) is 0.545. The minimum absolute atomic E-state index is 0.0128. The zero-order chi connectivity index (χ0) is 22.1. The van der Waals surface area contributed by atoms with E-state index in [0.717, 1.165) is 5.56 Å². The molecule has 1 aromatic heterocycles. The highest BCUT2D eigenvalue weighted by Crippen LogP contribution is 2.25. The van der Waals surface area contributed by atoms with Crippen molar-refractivity contribution in [1.82, 2.24) is 19.2 Å². The van der Waals surface area contributed by atoms with Gasteiger partial charge in [0.1, 0.15) is 5.82 Å². The molecule has 0 radical (unpaired) electrons. The first kappa shape index (κ1) is 22.5. The standard InChI is InChI=1S/C22H32N4O3S/c1-15(2)18-6-8-19(9-7-18)16(3)23-22(27)20-10-12-26(13-11-20)30(28,29)21-14-25(5)17(4)24-21/h6-9,14-16,20H,10-13H2,1-5H3,(H,23,27). The number of hydrogen-bond donors (Lipinski definition) is 1. The first-order valence-corrected chi connectivity index (χ1v) is 11.9. The van der Waals surface area contributed by atoms with E-state index < -0.39 is 10.0 Å². The van der Waals surface area contributed by atoms with E-state index >= 15 is 0 Å². The summed E-state index contributed by atoms with van der Waals surface area (Å²) in [7, 11) is -1.85. The summed E-state index contributed by atoms with van der Waals surface area (Å²) in [5.74, 6) is 0.930. The Morgan fingerprint density at radius 2 is 1.67 bits per heavy atom. The molecule has 1 saturated heterocycles. The molecule has 30 heavy (non-hydrogen) atoms. The number of aromatic nitrogens is 2. The van der Waals surface area contributed by atoms with Crippen LogP contribution in [0.15, 0.2) is 35.5 Å². The lowest BCUT2D eigenvalue weighted by Gasteiger charge is -2.30. The Morgan fingerprint density at radius 3 is 2.17 bits per heavy atom. The fourth-order valence-electron chi connectivity index (χ4n) is 3.73. The Hall–Kier alpha value is -2.19. The lowest BCUT2D eigenvalue weighted by Crippen LogP contribution is -2.43. The Morgan fingerprint density at radius 1 is 1.10 bits per heavy atom. The van der Waals surface area contributed by atoms with Gasteiger partial charge in [0.25, 0.3) is 10.0 Å². The largest absolute Gasteiger partial charge is 0.349 e. The molecule has 1 aliphatic heterocycles. The number of imidazole rings is 1. The summed E-state index contributed by atoms with van der Waals surface area (Å²) in [6.07, 6.45) is 2.56. The molecular weight excluding hydrogens is 400 g/mol. The summed E-state index contributed by atoms with van der Waals surface area (Å²) < 4.78 is 28.8. The van der Waals surface area contributed by atoms with E-state index in [0.29, 0.717) is 37.7 Å². The average molecular weight is 433 g/mol. The third kappa shape index (κ3) is 4.75. The number of carbonyl (C=O) groups is 1. The topological polar surface area (TPSA) is 84.3 Å². The Labute approximate surface area is 179 Å². The van der Waals surface area contributed by atoms with Crippen LogP contribution in [0.4, 0.5) is 0 Å². The molecule has 2 aromatic rings. The molecule has 1 N–H and O–H groups in total. The van der Waals surface area contributed by atoms with Crippen molar-refractivity contribution in [3.8, 4) is 0 Å². The number of hydrogen-bond acceptors (Lipinski definition) is 4. The summed E-state index contributed by atoms with van der Waals surface area (Å²) in [5, 5.41) is 3.16. The van der Waals surface area contributed by atoms with Gasteiger partial charge in [0.2, 0.25) is 5.91 Å². The first-order valence-electron chi connectivity index (χ1n) is 10.5. The number of amides is 1. The van der Waals surface area contributed by atoms with Gasteiger partial charge in [0.15, 0.2) is 5.03 Å². The van der Waals surface area contributed by atoms with Crippen molar-refractivity contribution in [1.29, 1.82) is 0 Å². The van der Waals surface area contributed by atoms with Gasteiger partial charge in [-0.3, -0.25) is 4.79 Å². The predicted molar refractivity (Wildman–Crippen MR) is 117 cm³/mol. The van der Waals surface area contributed by atoms with Crippen LogP contribution in [0.1, 0.15) is 62.5 Å². The lowest BCUT2D eigenvalue weighted by molar-refractivity contribution is -0.126. The first-order chi connectivity index (χ1) is 14.1. The van der Waals surface area contributed by atoms with E-state index in [1.165, 1.54) is 16.1 Å². The normalized spacial score (nSPS) is 17.3. The van der Waals surface area contributed by atoms with Crippen molar-refractivity contribution >= 4 is 15.9 Å². The molecule has 1 amide bonds. The second-order valence-corrected chi connectivity index (χ2v) is 10.4. The highest BCUT2D eigenvalue weighted by atomic mass is 32.2. The molecule has 1 fully saturated rings. The van der Waals surface area contributed by atoms with E-state index in [2.05, 4.69) is 48.4 Å². The van der Waals surface area contributed by atoms with E-state index in [-0.39, 0.29) is 22.9 Å². The summed E-state index contributed by atoms with van der Waals surface area (Å²) >= 11 is 0. The number of carbonyl (C=O) groups excluding carboxylic acids is 1. The SMILES string of the molecule is Cc1nc(S(=O)(=O)N2CCC(C(=O)NC(C)c3ccc(C(C)C)cc3)CC2)cn1C.